The number of imide groups is 1. The maximum atomic E-state index is 12.4. The first-order valence-corrected chi connectivity index (χ1v) is 8.66. The Morgan fingerprint density at radius 3 is 2.08 bits per heavy atom. The first kappa shape index (κ1) is 15.0. The minimum atomic E-state index is -0.204. The highest BCUT2D eigenvalue weighted by Gasteiger charge is 2.33. The van der Waals surface area contributed by atoms with Gasteiger partial charge in [0.15, 0.2) is 0 Å². The fourth-order valence-corrected chi connectivity index (χ4v) is 3.99. The van der Waals surface area contributed by atoms with Crippen molar-refractivity contribution >= 4 is 50.5 Å². The average molecular weight is 333 g/mol. The lowest BCUT2D eigenvalue weighted by molar-refractivity contribution is -0.122. The molecular weight excluding hydrogens is 318 g/mol. The van der Waals surface area contributed by atoms with E-state index in [0.29, 0.717) is 11.4 Å². The molecule has 4 rings (SSSR count). The predicted molar refractivity (Wildman–Crippen MR) is 99.8 cm³/mol. The Hall–Kier alpha value is -2.59. The van der Waals surface area contributed by atoms with E-state index in [-0.39, 0.29) is 11.1 Å². The molecule has 1 heterocycles. The normalized spacial score (nSPS) is 16.7. The van der Waals surface area contributed by atoms with Gasteiger partial charge in [0.1, 0.15) is 0 Å². The van der Waals surface area contributed by atoms with Gasteiger partial charge in [-0.15, -0.1) is 0 Å². The number of likely N-dealkylation sites (N-methyl/N-ethyl adjacent to an activating group) is 1. The summed E-state index contributed by atoms with van der Waals surface area (Å²) in [6.45, 7) is 2.21. The lowest BCUT2D eigenvalue weighted by Gasteiger charge is -2.09. The predicted octanol–water partition coefficient (Wildman–Crippen LogP) is 5.05. The third-order valence-corrected chi connectivity index (χ3v) is 5.19. The Balaban J connectivity index is 2.00. The molecule has 0 N–H and O–H groups in total. The second-order valence-electron chi connectivity index (χ2n) is 5.66. The Bertz CT molecular complexity index is 969. The van der Waals surface area contributed by atoms with E-state index in [9.17, 15) is 9.59 Å². The van der Waals surface area contributed by atoms with Gasteiger partial charge in [0.05, 0.1) is 4.91 Å². The molecular formula is C20H15NO2S. The third-order valence-electron chi connectivity index (χ3n) is 4.28. The highest BCUT2D eigenvalue weighted by molar-refractivity contribution is 8.18. The van der Waals surface area contributed by atoms with Crippen LogP contribution in [-0.2, 0) is 4.79 Å². The number of carbonyl (C=O) groups is 2. The van der Waals surface area contributed by atoms with E-state index in [2.05, 4.69) is 30.3 Å². The van der Waals surface area contributed by atoms with Crippen molar-refractivity contribution in [3.63, 3.8) is 0 Å². The van der Waals surface area contributed by atoms with Crippen molar-refractivity contribution in [2.75, 3.05) is 6.54 Å². The van der Waals surface area contributed by atoms with Crippen LogP contribution in [0.25, 0.3) is 27.6 Å². The summed E-state index contributed by atoms with van der Waals surface area (Å²) in [6.07, 6.45) is 1.87. The molecule has 1 aliphatic heterocycles. The van der Waals surface area contributed by atoms with E-state index in [1.54, 1.807) is 0 Å². The number of fused-ring (bicyclic) bond motifs is 2. The quantitative estimate of drug-likeness (QED) is 0.486. The molecule has 3 nitrogen and oxygen atoms in total. The zero-order chi connectivity index (χ0) is 16.7. The van der Waals surface area contributed by atoms with Crippen LogP contribution in [0.15, 0.2) is 59.5 Å². The van der Waals surface area contributed by atoms with Gasteiger partial charge < -0.3 is 0 Å². The van der Waals surface area contributed by atoms with Crippen LogP contribution in [0.3, 0.4) is 0 Å². The molecule has 0 unspecified atom stereocenters. The van der Waals surface area contributed by atoms with Gasteiger partial charge in [0.25, 0.3) is 11.1 Å². The molecule has 4 heteroatoms. The summed E-state index contributed by atoms with van der Waals surface area (Å²) < 4.78 is 0. The van der Waals surface area contributed by atoms with Crippen LogP contribution in [0.5, 0.6) is 0 Å². The number of hydrogen-bond donors (Lipinski definition) is 0. The van der Waals surface area contributed by atoms with Crippen molar-refractivity contribution in [1.82, 2.24) is 4.90 Å². The van der Waals surface area contributed by atoms with E-state index in [1.807, 2.05) is 37.3 Å². The first-order valence-electron chi connectivity index (χ1n) is 7.85. The number of nitrogens with zero attached hydrogens (tertiary/aromatic N) is 1. The van der Waals surface area contributed by atoms with Crippen molar-refractivity contribution in [2.45, 2.75) is 6.92 Å². The zero-order valence-corrected chi connectivity index (χ0v) is 14.0. The van der Waals surface area contributed by atoms with Gasteiger partial charge in [0.2, 0.25) is 0 Å². The summed E-state index contributed by atoms with van der Waals surface area (Å²) in [7, 11) is 0. The van der Waals surface area contributed by atoms with Crippen LogP contribution < -0.4 is 0 Å². The topological polar surface area (TPSA) is 37.4 Å². The molecule has 118 valence electrons. The summed E-state index contributed by atoms with van der Waals surface area (Å²) in [5.74, 6) is -0.204. The van der Waals surface area contributed by atoms with Crippen molar-refractivity contribution < 1.29 is 9.59 Å². The van der Waals surface area contributed by atoms with Gasteiger partial charge in [-0.05, 0) is 57.9 Å². The van der Waals surface area contributed by atoms with Crippen LogP contribution in [-0.4, -0.2) is 22.6 Å². The lowest BCUT2D eigenvalue weighted by Crippen LogP contribution is -2.27. The molecule has 0 radical (unpaired) electrons. The maximum absolute atomic E-state index is 12.4. The van der Waals surface area contributed by atoms with Gasteiger partial charge in [-0.1, -0.05) is 48.5 Å². The number of rotatable bonds is 2. The number of carbonyl (C=O) groups excluding carboxylic acids is 2. The van der Waals surface area contributed by atoms with Gasteiger partial charge >= 0.3 is 0 Å². The molecule has 0 bridgehead atoms. The molecule has 0 aliphatic carbocycles. The molecule has 2 amide bonds. The Morgan fingerprint density at radius 2 is 1.54 bits per heavy atom. The number of hydrogen-bond acceptors (Lipinski definition) is 3. The molecule has 0 spiro atoms. The summed E-state index contributed by atoms with van der Waals surface area (Å²) in [4.78, 5) is 26.2. The summed E-state index contributed by atoms with van der Waals surface area (Å²) in [5, 5.41) is 4.21. The van der Waals surface area contributed by atoms with Crippen molar-refractivity contribution in [1.29, 1.82) is 0 Å². The van der Waals surface area contributed by atoms with E-state index in [4.69, 9.17) is 0 Å². The highest BCUT2D eigenvalue weighted by Crippen LogP contribution is 2.36. The number of benzene rings is 3. The van der Waals surface area contributed by atoms with E-state index >= 15 is 0 Å². The van der Waals surface area contributed by atoms with Crippen molar-refractivity contribution in [3.8, 4) is 0 Å². The second-order valence-corrected chi connectivity index (χ2v) is 6.65. The Labute approximate surface area is 143 Å². The largest absolute Gasteiger partial charge is 0.293 e. The highest BCUT2D eigenvalue weighted by atomic mass is 32.2. The van der Waals surface area contributed by atoms with Crippen molar-refractivity contribution in [2.24, 2.45) is 0 Å². The number of thioether (sulfide) groups is 1. The van der Waals surface area contributed by atoms with E-state index < -0.39 is 0 Å². The van der Waals surface area contributed by atoms with Gasteiger partial charge in [-0.2, -0.15) is 0 Å². The summed E-state index contributed by atoms with van der Waals surface area (Å²) in [5.41, 5.74) is 0.991. The van der Waals surface area contributed by atoms with Gasteiger partial charge in [-0.25, -0.2) is 0 Å². The van der Waals surface area contributed by atoms with Gasteiger partial charge in [-0.3, -0.25) is 14.5 Å². The van der Waals surface area contributed by atoms with Crippen LogP contribution in [0.1, 0.15) is 12.5 Å². The minimum absolute atomic E-state index is 0.196. The molecule has 3 aromatic carbocycles. The SMILES string of the molecule is CCN1C(=O)S/C(=C/c2c3ccccc3cc3ccccc23)C1=O. The van der Waals surface area contributed by atoms with Crippen molar-refractivity contribution in [3.05, 3.63) is 65.1 Å². The minimum Gasteiger partial charge on any atom is -0.269 e. The van der Waals surface area contributed by atoms with E-state index in [0.717, 1.165) is 38.9 Å². The van der Waals surface area contributed by atoms with Crippen LogP contribution in [0.2, 0.25) is 0 Å². The lowest BCUT2D eigenvalue weighted by atomic mass is 9.96. The third kappa shape index (κ3) is 2.31. The molecule has 0 saturated carbocycles. The Morgan fingerprint density at radius 1 is 0.958 bits per heavy atom. The summed E-state index contributed by atoms with van der Waals surface area (Å²) >= 11 is 1.02. The Kier molecular flexibility index (Phi) is 3.62. The average Bonchev–Trinajstić information content (AvgIpc) is 2.87. The molecule has 1 aliphatic rings. The first-order chi connectivity index (χ1) is 11.7. The fraction of sp³-hybridized carbons (Fsp3) is 0.100. The molecule has 0 atom stereocenters. The molecule has 1 fully saturated rings. The van der Waals surface area contributed by atoms with Gasteiger partial charge in [0, 0.05) is 6.54 Å². The fourth-order valence-electron chi connectivity index (χ4n) is 3.11. The standard InChI is InChI=1S/C20H15NO2S/c1-2-21-19(22)18(24-20(21)23)12-17-15-9-5-3-7-13(15)11-14-8-4-6-10-16(14)17/h3-12H,2H2,1H3/b18-12+. The zero-order valence-electron chi connectivity index (χ0n) is 13.2. The summed E-state index contributed by atoms with van der Waals surface area (Å²) in [6, 6.07) is 18.4. The second kappa shape index (κ2) is 5.80. The maximum Gasteiger partial charge on any atom is 0.293 e. The molecule has 1 saturated heterocycles. The van der Waals surface area contributed by atoms with Crippen LogP contribution in [0.4, 0.5) is 4.79 Å². The monoisotopic (exact) mass is 333 g/mol. The number of amides is 2. The molecule has 0 aromatic heterocycles. The van der Waals surface area contributed by atoms with Crippen LogP contribution in [0, 0.1) is 0 Å². The smallest absolute Gasteiger partial charge is 0.269 e. The molecule has 24 heavy (non-hydrogen) atoms. The molecule has 3 aromatic rings. The van der Waals surface area contributed by atoms with E-state index in [1.165, 1.54) is 4.90 Å². The van der Waals surface area contributed by atoms with Crippen LogP contribution >= 0.6 is 11.8 Å².